The molecule has 1 heterocycles. The van der Waals surface area contributed by atoms with Crippen LogP contribution in [0.4, 0.5) is 0 Å². The van der Waals surface area contributed by atoms with Gasteiger partial charge in [-0.05, 0) is 0 Å². The Hall–Kier alpha value is -0.550. The van der Waals surface area contributed by atoms with Crippen molar-refractivity contribution in [3.8, 4) is 0 Å². The second-order valence-electron chi connectivity index (χ2n) is 2.50. The number of rotatable bonds is 2. The summed E-state index contributed by atoms with van der Waals surface area (Å²) in [5.41, 5.74) is 0. The number of ketones is 1. The molecule has 1 fully saturated rings. The number of carbonyl (C=O) groups is 2. The second kappa shape index (κ2) is 3.45. The summed E-state index contributed by atoms with van der Waals surface area (Å²) in [7, 11) is 1.21. The van der Waals surface area contributed by atoms with Crippen molar-refractivity contribution in [3.05, 3.63) is 0 Å². The van der Waals surface area contributed by atoms with Gasteiger partial charge in [0.15, 0.2) is 10.5 Å². The molecule has 1 atom stereocenters. The van der Waals surface area contributed by atoms with Crippen LogP contribution in [0, 0.1) is 0 Å². The molecule has 5 heteroatoms. The van der Waals surface area contributed by atoms with Gasteiger partial charge in [-0.1, -0.05) is 0 Å². The van der Waals surface area contributed by atoms with E-state index in [1.165, 1.54) is 7.11 Å². The maximum absolute atomic E-state index is 11.2. The topological polar surface area (TPSA) is 63.6 Å². The number of ether oxygens (including phenoxy) is 1. The maximum Gasteiger partial charge on any atom is 0.332 e. The van der Waals surface area contributed by atoms with Gasteiger partial charge in [-0.15, -0.1) is 11.8 Å². The first-order valence-electron chi connectivity index (χ1n) is 3.54. The van der Waals surface area contributed by atoms with Crippen molar-refractivity contribution in [2.24, 2.45) is 0 Å². The molecule has 1 aliphatic heterocycles. The fourth-order valence-corrected chi connectivity index (χ4v) is 2.33. The number of aliphatic hydroxyl groups is 1. The van der Waals surface area contributed by atoms with Crippen molar-refractivity contribution in [2.75, 3.05) is 19.5 Å². The second-order valence-corrected chi connectivity index (χ2v) is 3.89. The summed E-state index contributed by atoms with van der Waals surface area (Å²) in [6, 6.07) is 0. The van der Waals surface area contributed by atoms with Crippen molar-refractivity contribution >= 4 is 23.5 Å². The summed E-state index contributed by atoms with van der Waals surface area (Å²) in [5, 5.41) is 8.95. The highest BCUT2D eigenvalue weighted by molar-refractivity contribution is 8.02. The molecule has 0 aromatic carbocycles. The molecular formula is C7H10O4S. The Morgan fingerprint density at radius 2 is 2.50 bits per heavy atom. The zero-order valence-electron chi connectivity index (χ0n) is 6.70. The van der Waals surface area contributed by atoms with Gasteiger partial charge in [0.25, 0.3) is 0 Å². The fraction of sp³-hybridized carbons (Fsp3) is 0.714. The number of hydrogen-bond acceptors (Lipinski definition) is 5. The molecule has 4 nitrogen and oxygen atoms in total. The number of thioether (sulfide) groups is 1. The summed E-state index contributed by atoms with van der Waals surface area (Å²) < 4.78 is 3.13. The van der Waals surface area contributed by atoms with Gasteiger partial charge in [-0.2, -0.15) is 0 Å². The van der Waals surface area contributed by atoms with E-state index < -0.39 is 17.3 Å². The molecule has 68 valence electrons. The van der Waals surface area contributed by atoms with Crippen molar-refractivity contribution < 1.29 is 19.4 Å². The van der Waals surface area contributed by atoms with Gasteiger partial charge >= 0.3 is 5.97 Å². The van der Waals surface area contributed by atoms with Crippen LogP contribution in [0.5, 0.6) is 0 Å². The van der Waals surface area contributed by atoms with E-state index in [4.69, 9.17) is 5.11 Å². The molecule has 0 saturated carbocycles. The minimum Gasteiger partial charge on any atom is -0.468 e. The Bertz CT molecular complexity index is 215. The highest BCUT2D eigenvalue weighted by Gasteiger charge is 2.50. The van der Waals surface area contributed by atoms with Crippen molar-refractivity contribution in [1.82, 2.24) is 0 Å². The first-order chi connectivity index (χ1) is 5.67. The van der Waals surface area contributed by atoms with Crippen LogP contribution in [0.1, 0.15) is 6.42 Å². The van der Waals surface area contributed by atoms with Crippen molar-refractivity contribution in [1.29, 1.82) is 0 Å². The average molecular weight is 190 g/mol. The molecular weight excluding hydrogens is 180 g/mol. The number of carbonyl (C=O) groups excluding carboxylic acids is 2. The number of esters is 1. The third-order valence-electron chi connectivity index (χ3n) is 1.87. The molecule has 0 bridgehead atoms. The predicted molar refractivity (Wildman–Crippen MR) is 43.9 cm³/mol. The Labute approximate surface area is 74.3 Å². The molecule has 1 aliphatic rings. The minimum absolute atomic E-state index is 0.234. The molecule has 1 N–H and O–H groups in total. The number of hydrogen-bond donors (Lipinski definition) is 1. The molecule has 0 aromatic heterocycles. The molecule has 0 amide bonds. The lowest BCUT2D eigenvalue weighted by Crippen LogP contribution is -2.44. The number of methoxy groups -OCH3 is 1. The largest absolute Gasteiger partial charge is 0.468 e. The van der Waals surface area contributed by atoms with E-state index in [2.05, 4.69) is 4.74 Å². The highest BCUT2D eigenvalue weighted by Crippen LogP contribution is 2.35. The highest BCUT2D eigenvalue weighted by atomic mass is 32.2. The average Bonchev–Trinajstić information content (AvgIpc) is 2.46. The molecule has 0 aliphatic carbocycles. The van der Waals surface area contributed by atoms with E-state index in [1.807, 2.05) is 0 Å². The van der Waals surface area contributed by atoms with Crippen LogP contribution in [0.25, 0.3) is 0 Å². The van der Waals surface area contributed by atoms with Gasteiger partial charge in [-0.25, -0.2) is 4.79 Å². The smallest absolute Gasteiger partial charge is 0.332 e. The lowest BCUT2D eigenvalue weighted by molar-refractivity contribution is -0.147. The molecule has 1 saturated heterocycles. The van der Waals surface area contributed by atoms with E-state index in [1.54, 1.807) is 0 Å². The summed E-state index contributed by atoms with van der Waals surface area (Å²) >= 11 is 1.16. The number of Topliss-reactive ketones (excluding diaryl/α,β-unsaturated/α-hetero) is 1. The van der Waals surface area contributed by atoms with Crippen LogP contribution in [0.2, 0.25) is 0 Å². The van der Waals surface area contributed by atoms with E-state index in [-0.39, 0.29) is 5.78 Å². The normalized spacial score (nSPS) is 29.0. The zero-order valence-corrected chi connectivity index (χ0v) is 7.52. The van der Waals surface area contributed by atoms with Crippen LogP contribution < -0.4 is 0 Å². The van der Waals surface area contributed by atoms with Gasteiger partial charge in [0.2, 0.25) is 0 Å². The standard InChI is InChI=1S/C7H10O4S/c1-11-6(10)7(4-8)5(9)2-3-12-7/h8H,2-4H2,1H3. The summed E-state index contributed by atoms with van der Waals surface area (Å²) in [4.78, 5) is 22.4. The molecule has 12 heavy (non-hydrogen) atoms. The predicted octanol–water partition coefficient (Wildman–Crippen LogP) is -0.404. The van der Waals surface area contributed by atoms with E-state index in [0.717, 1.165) is 11.8 Å². The summed E-state index contributed by atoms with van der Waals surface area (Å²) in [5.74, 6) is -0.298. The first-order valence-corrected chi connectivity index (χ1v) is 4.52. The third kappa shape index (κ3) is 1.23. The van der Waals surface area contributed by atoms with Crippen LogP contribution in [-0.4, -0.2) is 41.1 Å². The zero-order chi connectivity index (χ0) is 9.19. The molecule has 0 spiro atoms. The number of aliphatic hydroxyl groups excluding tert-OH is 1. The van der Waals surface area contributed by atoms with E-state index in [0.29, 0.717) is 12.2 Å². The SMILES string of the molecule is COC(=O)C1(CO)SCCC1=O. The van der Waals surface area contributed by atoms with E-state index >= 15 is 0 Å². The van der Waals surface area contributed by atoms with Crippen LogP contribution >= 0.6 is 11.8 Å². The van der Waals surface area contributed by atoms with Crippen molar-refractivity contribution in [3.63, 3.8) is 0 Å². The van der Waals surface area contributed by atoms with Gasteiger partial charge in [-0.3, -0.25) is 4.79 Å². The fourth-order valence-electron chi connectivity index (χ4n) is 1.14. The van der Waals surface area contributed by atoms with E-state index in [9.17, 15) is 9.59 Å². The van der Waals surface area contributed by atoms with Crippen molar-refractivity contribution in [2.45, 2.75) is 11.2 Å². The molecule has 0 radical (unpaired) electrons. The Morgan fingerprint density at radius 1 is 1.83 bits per heavy atom. The van der Waals surface area contributed by atoms with Gasteiger partial charge in [0.1, 0.15) is 0 Å². The van der Waals surface area contributed by atoms with Crippen LogP contribution in [0.15, 0.2) is 0 Å². The molecule has 1 rings (SSSR count). The molecule has 0 aromatic rings. The minimum atomic E-state index is -1.32. The lowest BCUT2D eigenvalue weighted by Gasteiger charge is -2.19. The Kier molecular flexibility index (Phi) is 2.74. The van der Waals surface area contributed by atoms with Gasteiger partial charge in [0, 0.05) is 12.2 Å². The quantitative estimate of drug-likeness (QED) is 0.474. The van der Waals surface area contributed by atoms with Crippen LogP contribution in [-0.2, 0) is 14.3 Å². The monoisotopic (exact) mass is 190 g/mol. The third-order valence-corrected chi connectivity index (χ3v) is 3.29. The first kappa shape index (κ1) is 9.54. The maximum atomic E-state index is 11.2. The summed E-state index contributed by atoms with van der Waals surface area (Å²) in [6.07, 6.45) is 0.334. The van der Waals surface area contributed by atoms with Crippen LogP contribution in [0.3, 0.4) is 0 Å². The van der Waals surface area contributed by atoms with Gasteiger partial charge < -0.3 is 9.84 Å². The Morgan fingerprint density at radius 3 is 2.83 bits per heavy atom. The summed E-state index contributed by atoms with van der Waals surface area (Å²) in [6.45, 7) is -0.469. The molecule has 1 unspecified atom stereocenters. The lowest BCUT2D eigenvalue weighted by atomic mass is 10.0. The Balaban J connectivity index is 2.88. The van der Waals surface area contributed by atoms with Gasteiger partial charge in [0.05, 0.1) is 13.7 Å².